The zero-order valence-electron chi connectivity index (χ0n) is 9.36. The summed E-state index contributed by atoms with van der Waals surface area (Å²) in [4.78, 5) is 32.0. The number of carbonyl (C=O) groups is 3. The van der Waals surface area contributed by atoms with Gasteiger partial charge in [0.2, 0.25) is 11.8 Å². The summed E-state index contributed by atoms with van der Waals surface area (Å²) in [5.41, 5.74) is 4.97. The van der Waals surface area contributed by atoms with Gasteiger partial charge in [-0.2, -0.15) is 0 Å². The van der Waals surface area contributed by atoms with Gasteiger partial charge in [-0.05, 0) is 19.8 Å². The molecule has 2 amide bonds. The Morgan fingerprint density at radius 3 is 2.31 bits per heavy atom. The molecule has 0 saturated carbocycles. The number of nitrogens with two attached hydrogens (primary N) is 1. The van der Waals surface area contributed by atoms with Gasteiger partial charge in [-0.25, -0.2) is 0 Å². The Bertz CT molecular complexity index is 266. The molecule has 0 aliphatic rings. The fourth-order valence-electron chi connectivity index (χ4n) is 1.26. The lowest BCUT2D eigenvalue weighted by Gasteiger charge is -2.11. The lowest BCUT2D eigenvalue weighted by atomic mass is 10.1. The van der Waals surface area contributed by atoms with Crippen LogP contribution in [0.15, 0.2) is 0 Å². The van der Waals surface area contributed by atoms with E-state index in [-0.39, 0.29) is 31.2 Å². The minimum atomic E-state index is -0.859. The highest BCUT2D eigenvalue weighted by Crippen LogP contribution is 2.00. The topological polar surface area (TPSA) is 109 Å². The van der Waals surface area contributed by atoms with E-state index in [1.807, 2.05) is 0 Å². The number of carboxylic acids is 1. The molecule has 4 N–H and O–H groups in total. The van der Waals surface area contributed by atoms with E-state index in [1.165, 1.54) is 0 Å². The normalized spacial score (nSPS) is 11.8. The summed E-state index contributed by atoms with van der Waals surface area (Å²) in [6.07, 6.45) is 1.47. The summed E-state index contributed by atoms with van der Waals surface area (Å²) in [6, 6.07) is -0.274. The van der Waals surface area contributed by atoms with Crippen LogP contribution in [-0.4, -0.2) is 28.9 Å². The van der Waals surface area contributed by atoms with E-state index in [2.05, 4.69) is 5.32 Å². The molecular weight excluding hydrogens is 212 g/mol. The first kappa shape index (κ1) is 14.4. The SMILES string of the molecule is CC(CC(N)=O)NC(=O)CCCCC(=O)O. The second-order valence-electron chi connectivity index (χ2n) is 3.74. The van der Waals surface area contributed by atoms with Crippen LogP contribution in [0.4, 0.5) is 0 Å². The number of nitrogens with one attached hydrogen (secondary N) is 1. The second-order valence-corrected chi connectivity index (χ2v) is 3.74. The number of unbranched alkanes of at least 4 members (excludes halogenated alkanes) is 1. The number of amides is 2. The summed E-state index contributed by atoms with van der Waals surface area (Å²) in [5.74, 6) is -1.50. The van der Waals surface area contributed by atoms with Crippen LogP contribution in [0.2, 0.25) is 0 Å². The molecule has 6 heteroatoms. The molecular formula is C10H18N2O4. The van der Waals surface area contributed by atoms with Gasteiger partial charge in [0.1, 0.15) is 0 Å². The van der Waals surface area contributed by atoms with Crippen molar-refractivity contribution in [2.75, 3.05) is 0 Å². The highest BCUT2D eigenvalue weighted by atomic mass is 16.4. The molecule has 0 saturated heterocycles. The van der Waals surface area contributed by atoms with Crippen molar-refractivity contribution in [3.63, 3.8) is 0 Å². The van der Waals surface area contributed by atoms with Crippen LogP contribution < -0.4 is 11.1 Å². The Morgan fingerprint density at radius 1 is 1.25 bits per heavy atom. The molecule has 92 valence electrons. The van der Waals surface area contributed by atoms with Crippen molar-refractivity contribution in [1.82, 2.24) is 5.32 Å². The third-order valence-corrected chi connectivity index (χ3v) is 1.96. The van der Waals surface area contributed by atoms with Gasteiger partial charge in [0.25, 0.3) is 0 Å². The van der Waals surface area contributed by atoms with Crippen molar-refractivity contribution >= 4 is 17.8 Å². The van der Waals surface area contributed by atoms with Crippen LogP contribution in [-0.2, 0) is 14.4 Å². The molecule has 0 aromatic carbocycles. The largest absolute Gasteiger partial charge is 0.481 e. The van der Waals surface area contributed by atoms with E-state index in [4.69, 9.17) is 10.8 Å². The third-order valence-electron chi connectivity index (χ3n) is 1.96. The minimum absolute atomic E-state index is 0.0735. The van der Waals surface area contributed by atoms with E-state index in [0.717, 1.165) is 0 Å². The van der Waals surface area contributed by atoms with Crippen molar-refractivity contribution in [2.45, 2.75) is 45.1 Å². The molecule has 16 heavy (non-hydrogen) atoms. The van der Waals surface area contributed by atoms with E-state index in [1.54, 1.807) is 6.92 Å². The van der Waals surface area contributed by atoms with Crippen molar-refractivity contribution < 1.29 is 19.5 Å². The maximum atomic E-state index is 11.3. The Balaban J connectivity index is 3.58. The monoisotopic (exact) mass is 230 g/mol. The molecule has 0 aliphatic carbocycles. The minimum Gasteiger partial charge on any atom is -0.481 e. The van der Waals surface area contributed by atoms with Crippen LogP contribution >= 0.6 is 0 Å². The smallest absolute Gasteiger partial charge is 0.303 e. The molecule has 0 aromatic rings. The number of rotatable bonds is 8. The molecule has 0 heterocycles. The molecule has 0 fully saturated rings. The van der Waals surface area contributed by atoms with Crippen molar-refractivity contribution in [1.29, 1.82) is 0 Å². The first-order chi connectivity index (χ1) is 7.41. The van der Waals surface area contributed by atoms with E-state index < -0.39 is 11.9 Å². The molecule has 0 radical (unpaired) electrons. The predicted molar refractivity (Wildman–Crippen MR) is 57.5 cm³/mol. The van der Waals surface area contributed by atoms with E-state index >= 15 is 0 Å². The molecule has 0 spiro atoms. The molecule has 0 aliphatic heterocycles. The lowest BCUT2D eigenvalue weighted by Crippen LogP contribution is -2.35. The molecule has 6 nitrogen and oxygen atoms in total. The fourth-order valence-corrected chi connectivity index (χ4v) is 1.26. The fraction of sp³-hybridized carbons (Fsp3) is 0.700. The summed E-state index contributed by atoms with van der Waals surface area (Å²) < 4.78 is 0. The predicted octanol–water partition coefficient (Wildman–Crippen LogP) is 0.0115. The first-order valence-electron chi connectivity index (χ1n) is 5.21. The second kappa shape index (κ2) is 7.67. The molecule has 1 unspecified atom stereocenters. The average Bonchev–Trinajstić information content (AvgIpc) is 2.10. The molecule has 0 aromatic heterocycles. The zero-order chi connectivity index (χ0) is 12.6. The Labute approximate surface area is 94.2 Å². The Kier molecular flexibility index (Phi) is 6.91. The van der Waals surface area contributed by atoms with Gasteiger partial charge in [0.15, 0.2) is 0 Å². The summed E-state index contributed by atoms with van der Waals surface area (Å²) >= 11 is 0. The number of aliphatic carboxylic acids is 1. The van der Waals surface area contributed by atoms with Crippen LogP contribution in [0.25, 0.3) is 0 Å². The summed E-state index contributed by atoms with van der Waals surface area (Å²) in [7, 11) is 0. The van der Waals surface area contributed by atoms with Crippen LogP contribution in [0.1, 0.15) is 39.0 Å². The van der Waals surface area contributed by atoms with Crippen molar-refractivity contribution in [2.24, 2.45) is 5.73 Å². The standard InChI is InChI=1S/C10H18N2O4/c1-7(6-8(11)13)12-9(14)4-2-3-5-10(15)16/h7H,2-6H2,1H3,(H2,11,13)(H,12,14)(H,15,16). The summed E-state index contributed by atoms with van der Waals surface area (Å²) in [5, 5.41) is 11.0. The van der Waals surface area contributed by atoms with Crippen molar-refractivity contribution in [3.8, 4) is 0 Å². The maximum absolute atomic E-state index is 11.3. The number of carbonyl (C=O) groups excluding carboxylic acids is 2. The van der Waals surface area contributed by atoms with Gasteiger partial charge in [0.05, 0.1) is 0 Å². The van der Waals surface area contributed by atoms with Gasteiger partial charge in [-0.3, -0.25) is 14.4 Å². The Morgan fingerprint density at radius 2 is 1.81 bits per heavy atom. The van der Waals surface area contributed by atoms with Gasteiger partial charge >= 0.3 is 5.97 Å². The van der Waals surface area contributed by atoms with Crippen LogP contribution in [0, 0.1) is 0 Å². The van der Waals surface area contributed by atoms with Crippen LogP contribution in [0.3, 0.4) is 0 Å². The zero-order valence-corrected chi connectivity index (χ0v) is 9.36. The van der Waals surface area contributed by atoms with Crippen molar-refractivity contribution in [3.05, 3.63) is 0 Å². The molecule has 0 bridgehead atoms. The van der Waals surface area contributed by atoms with Crippen LogP contribution in [0.5, 0.6) is 0 Å². The third kappa shape index (κ3) is 8.98. The quantitative estimate of drug-likeness (QED) is 0.510. The highest BCUT2D eigenvalue weighted by molar-refractivity contribution is 5.78. The van der Waals surface area contributed by atoms with Gasteiger partial charge in [-0.1, -0.05) is 0 Å². The number of primary amides is 1. The van der Waals surface area contributed by atoms with Gasteiger partial charge in [0, 0.05) is 25.3 Å². The summed E-state index contributed by atoms with van der Waals surface area (Å²) in [6.45, 7) is 1.69. The maximum Gasteiger partial charge on any atom is 0.303 e. The number of carboxylic acid groups (broad SMARTS) is 1. The van der Waals surface area contributed by atoms with E-state index in [9.17, 15) is 14.4 Å². The lowest BCUT2D eigenvalue weighted by molar-refractivity contribution is -0.137. The first-order valence-corrected chi connectivity index (χ1v) is 5.21. The Hall–Kier alpha value is -1.59. The molecule has 1 atom stereocenters. The average molecular weight is 230 g/mol. The van der Waals surface area contributed by atoms with Gasteiger partial charge in [-0.15, -0.1) is 0 Å². The van der Waals surface area contributed by atoms with E-state index in [0.29, 0.717) is 12.8 Å². The van der Waals surface area contributed by atoms with Gasteiger partial charge < -0.3 is 16.2 Å². The number of hydrogen-bond acceptors (Lipinski definition) is 3. The number of hydrogen-bond donors (Lipinski definition) is 3. The highest BCUT2D eigenvalue weighted by Gasteiger charge is 2.09. The molecule has 0 rings (SSSR count).